The van der Waals surface area contributed by atoms with Crippen LogP contribution in [-0.2, 0) is 6.54 Å². The second-order valence-electron chi connectivity index (χ2n) is 3.67. The van der Waals surface area contributed by atoms with Crippen LogP contribution in [0.3, 0.4) is 0 Å². The maximum absolute atomic E-state index is 12.9. The Bertz CT molecular complexity index is 548. The molecule has 1 heterocycles. The smallest absolute Gasteiger partial charge is 0.219 e. The average Bonchev–Trinajstić information content (AvgIpc) is 2.34. The highest BCUT2D eigenvalue weighted by Crippen LogP contribution is 2.28. The van der Waals surface area contributed by atoms with Crippen molar-refractivity contribution in [2.75, 3.05) is 7.05 Å². The third kappa shape index (κ3) is 3.18. The molecule has 0 amide bonds. The van der Waals surface area contributed by atoms with E-state index in [9.17, 15) is 4.39 Å². The number of rotatable bonds is 4. The van der Waals surface area contributed by atoms with Crippen LogP contribution in [0.5, 0.6) is 11.6 Å². The van der Waals surface area contributed by atoms with E-state index >= 15 is 0 Å². The Morgan fingerprint density at radius 2 is 2.17 bits per heavy atom. The number of hydrogen-bond acceptors (Lipinski definition) is 3. The summed E-state index contributed by atoms with van der Waals surface area (Å²) in [6.07, 6.45) is 0. The zero-order valence-corrected chi connectivity index (χ0v) is 10.5. The molecule has 3 nitrogen and oxygen atoms in total. The highest BCUT2D eigenvalue weighted by atomic mass is 35.5. The van der Waals surface area contributed by atoms with Crippen molar-refractivity contribution in [2.24, 2.45) is 0 Å². The van der Waals surface area contributed by atoms with Gasteiger partial charge in [0.25, 0.3) is 0 Å². The van der Waals surface area contributed by atoms with Crippen LogP contribution < -0.4 is 10.1 Å². The van der Waals surface area contributed by atoms with Gasteiger partial charge in [-0.2, -0.15) is 0 Å². The van der Waals surface area contributed by atoms with E-state index in [2.05, 4.69) is 10.3 Å². The summed E-state index contributed by atoms with van der Waals surface area (Å²) >= 11 is 5.88. The minimum Gasteiger partial charge on any atom is -0.437 e. The first-order valence-corrected chi connectivity index (χ1v) is 5.80. The van der Waals surface area contributed by atoms with Gasteiger partial charge in [-0.3, -0.25) is 0 Å². The monoisotopic (exact) mass is 266 g/mol. The zero-order chi connectivity index (χ0) is 13.0. The summed E-state index contributed by atoms with van der Waals surface area (Å²) < 4.78 is 18.4. The van der Waals surface area contributed by atoms with Gasteiger partial charge in [-0.25, -0.2) is 9.37 Å². The van der Waals surface area contributed by atoms with Gasteiger partial charge in [0, 0.05) is 12.6 Å². The Balaban J connectivity index is 2.20. The standard InChI is InChI=1S/C13H12ClFN2O/c1-16-8-10-3-2-4-13(17-10)18-12-6-5-9(15)7-11(12)14/h2-7,16H,8H2,1H3. The molecule has 0 aliphatic carbocycles. The van der Waals surface area contributed by atoms with Crippen molar-refractivity contribution in [1.29, 1.82) is 0 Å². The molecular weight excluding hydrogens is 255 g/mol. The minimum absolute atomic E-state index is 0.218. The summed E-state index contributed by atoms with van der Waals surface area (Å²) in [5.74, 6) is 0.410. The maximum Gasteiger partial charge on any atom is 0.219 e. The van der Waals surface area contributed by atoms with Crippen molar-refractivity contribution in [1.82, 2.24) is 10.3 Å². The fourth-order valence-electron chi connectivity index (χ4n) is 1.46. The quantitative estimate of drug-likeness (QED) is 0.921. The molecule has 0 atom stereocenters. The topological polar surface area (TPSA) is 34.1 Å². The number of nitrogens with one attached hydrogen (secondary N) is 1. The van der Waals surface area contributed by atoms with Gasteiger partial charge >= 0.3 is 0 Å². The summed E-state index contributed by atoms with van der Waals surface area (Å²) in [7, 11) is 1.84. The fraction of sp³-hybridized carbons (Fsp3) is 0.154. The molecule has 0 aliphatic rings. The molecule has 0 radical (unpaired) electrons. The molecule has 0 aliphatic heterocycles. The van der Waals surface area contributed by atoms with Crippen LogP contribution in [-0.4, -0.2) is 12.0 Å². The van der Waals surface area contributed by atoms with E-state index in [1.54, 1.807) is 6.07 Å². The van der Waals surface area contributed by atoms with E-state index in [0.717, 1.165) is 5.69 Å². The van der Waals surface area contributed by atoms with Crippen molar-refractivity contribution in [3.05, 3.63) is 52.9 Å². The lowest BCUT2D eigenvalue weighted by Gasteiger charge is -2.08. The molecule has 1 aromatic carbocycles. The fourth-order valence-corrected chi connectivity index (χ4v) is 1.67. The molecule has 0 unspecified atom stereocenters. The van der Waals surface area contributed by atoms with Crippen molar-refractivity contribution < 1.29 is 9.13 Å². The summed E-state index contributed by atoms with van der Waals surface area (Å²) in [6.45, 7) is 0.647. The molecule has 0 spiro atoms. The predicted molar refractivity (Wildman–Crippen MR) is 68.5 cm³/mol. The predicted octanol–water partition coefficient (Wildman–Crippen LogP) is 3.39. The SMILES string of the molecule is CNCc1cccc(Oc2ccc(F)cc2Cl)n1. The Kier molecular flexibility index (Phi) is 4.12. The second-order valence-corrected chi connectivity index (χ2v) is 4.08. The van der Waals surface area contributed by atoms with Crippen LogP contribution in [0.1, 0.15) is 5.69 Å². The van der Waals surface area contributed by atoms with Gasteiger partial charge in [-0.15, -0.1) is 0 Å². The number of halogens is 2. The summed E-state index contributed by atoms with van der Waals surface area (Å²) in [4.78, 5) is 4.28. The third-order valence-electron chi connectivity index (χ3n) is 2.25. The van der Waals surface area contributed by atoms with Gasteiger partial charge < -0.3 is 10.1 Å². The highest BCUT2D eigenvalue weighted by molar-refractivity contribution is 6.32. The number of pyridine rings is 1. The van der Waals surface area contributed by atoms with Crippen molar-refractivity contribution in [3.8, 4) is 11.6 Å². The lowest BCUT2D eigenvalue weighted by atomic mass is 10.3. The van der Waals surface area contributed by atoms with Gasteiger partial charge in [0.05, 0.1) is 10.7 Å². The van der Waals surface area contributed by atoms with E-state index in [1.807, 2.05) is 19.2 Å². The molecule has 18 heavy (non-hydrogen) atoms. The number of aromatic nitrogens is 1. The normalized spacial score (nSPS) is 10.4. The number of ether oxygens (including phenoxy) is 1. The van der Waals surface area contributed by atoms with Crippen molar-refractivity contribution >= 4 is 11.6 Å². The van der Waals surface area contributed by atoms with Crippen LogP contribution in [0.15, 0.2) is 36.4 Å². The molecule has 5 heteroatoms. The molecule has 0 bridgehead atoms. The Hall–Kier alpha value is -1.65. The second kappa shape index (κ2) is 5.80. The van der Waals surface area contributed by atoms with Gasteiger partial charge in [0.2, 0.25) is 5.88 Å². The van der Waals surface area contributed by atoms with E-state index < -0.39 is 5.82 Å². The summed E-state index contributed by atoms with van der Waals surface area (Å²) in [5.41, 5.74) is 0.855. The maximum atomic E-state index is 12.9. The van der Waals surface area contributed by atoms with Gasteiger partial charge in [0.1, 0.15) is 11.6 Å². The van der Waals surface area contributed by atoms with Crippen LogP contribution in [0.4, 0.5) is 4.39 Å². The summed E-state index contributed by atoms with van der Waals surface area (Å²) in [5, 5.41) is 3.22. The van der Waals surface area contributed by atoms with Crippen LogP contribution in [0.25, 0.3) is 0 Å². The average molecular weight is 267 g/mol. The first-order valence-electron chi connectivity index (χ1n) is 5.42. The Morgan fingerprint density at radius 3 is 2.89 bits per heavy atom. The number of benzene rings is 1. The molecular formula is C13H12ClFN2O. The first kappa shape index (κ1) is 12.8. The van der Waals surface area contributed by atoms with Crippen LogP contribution in [0.2, 0.25) is 5.02 Å². The summed E-state index contributed by atoms with van der Waals surface area (Å²) in [6, 6.07) is 9.41. The molecule has 1 N–H and O–H groups in total. The van der Waals surface area contributed by atoms with Gasteiger partial charge in [0.15, 0.2) is 0 Å². The molecule has 2 aromatic rings. The Morgan fingerprint density at radius 1 is 1.33 bits per heavy atom. The number of hydrogen-bond donors (Lipinski definition) is 1. The largest absolute Gasteiger partial charge is 0.437 e. The molecule has 0 fully saturated rings. The van der Waals surface area contributed by atoms with Crippen molar-refractivity contribution in [3.63, 3.8) is 0 Å². The molecule has 2 rings (SSSR count). The minimum atomic E-state index is -0.399. The lowest BCUT2D eigenvalue weighted by molar-refractivity contribution is 0.458. The number of nitrogens with zero attached hydrogens (tertiary/aromatic N) is 1. The first-order chi connectivity index (χ1) is 8.69. The van der Waals surface area contributed by atoms with Crippen LogP contribution >= 0.6 is 11.6 Å². The lowest BCUT2D eigenvalue weighted by Crippen LogP contribution is -2.06. The Labute approximate surface area is 110 Å². The molecule has 94 valence electrons. The molecule has 0 saturated heterocycles. The highest BCUT2D eigenvalue weighted by Gasteiger charge is 2.05. The van der Waals surface area contributed by atoms with E-state index in [1.165, 1.54) is 18.2 Å². The van der Waals surface area contributed by atoms with Crippen LogP contribution in [0, 0.1) is 5.82 Å². The van der Waals surface area contributed by atoms with E-state index in [-0.39, 0.29) is 5.02 Å². The zero-order valence-electron chi connectivity index (χ0n) is 9.78. The van der Waals surface area contributed by atoms with Crippen molar-refractivity contribution in [2.45, 2.75) is 6.54 Å². The third-order valence-corrected chi connectivity index (χ3v) is 2.54. The van der Waals surface area contributed by atoms with E-state index in [0.29, 0.717) is 18.2 Å². The van der Waals surface area contributed by atoms with Gasteiger partial charge in [-0.1, -0.05) is 17.7 Å². The van der Waals surface area contributed by atoms with Gasteiger partial charge in [-0.05, 0) is 31.3 Å². The van der Waals surface area contributed by atoms with E-state index in [4.69, 9.17) is 16.3 Å². The molecule has 1 aromatic heterocycles. The molecule has 0 saturated carbocycles.